The van der Waals surface area contributed by atoms with Gasteiger partial charge < -0.3 is 4.74 Å². The zero-order chi connectivity index (χ0) is 15.2. The van der Waals surface area contributed by atoms with Crippen molar-refractivity contribution in [3.05, 3.63) is 33.9 Å². The van der Waals surface area contributed by atoms with E-state index in [1.165, 1.54) is 18.2 Å². The smallest absolute Gasteiger partial charge is 0.312 e. The Morgan fingerprint density at radius 1 is 1.45 bits per heavy atom. The van der Waals surface area contributed by atoms with E-state index in [4.69, 9.17) is 10.00 Å². The van der Waals surface area contributed by atoms with Gasteiger partial charge in [-0.2, -0.15) is 5.26 Å². The third-order valence-corrected chi connectivity index (χ3v) is 4.79. The van der Waals surface area contributed by atoms with Crippen molar-refractivity contribution < 1.29 is 9.66 Å². The van der Waals surface area contributed by atoms with Crippen molar-refractivity contribution in [2.24, 2.45) is 5.41 Å². The van der Waals surface area contributed by atoms with Gasteiger partial charge >= 0.3 is 5.69 Å². The molecular weight excluding hydrogens is 324 g/mol. The predicted octanol–water partition coefficient (Wildman–Crippen LogP) is 4.05. The average molecular weight is 341 g/mol. The molecule has 1 aromatic carbocycles. The summed E-state index contributed by atoms with van der Waals surface area (Å²) in [5.74, 6) is 0.209. The van der Waals surface area contributed by atoms with Gasteiger partial charge in [0.1, 0.15) is 0 Å². The van der Waals surface area contributed by atoms with Gasteiger partial charge in [0.15, 0.2) is 5.75 Å². The first kappa shape index (κ1) is 16.4. The summed E-state index contributed by atoms with van der Waals surface area (Å²) < 4.78 is 5.66. The van der Waals surface area contributed by atoms with Crippen LogP contribution in [0.2, 0.25) is 0 Å². The van der Waals surface area contributed by atoms with Gasteiger partial charge in [0.05, 0.1) is 23.2 Å². The van der Waals surface area contributed by atoms with E-state index in [1.807, 2.05) is 6.07 Å². The molecular formula is C14H17BrN2O3. The molecule has 0 unspecified atom stereocenters. The fourth-order valence-corrected chi connectivity index (χ4v) is 2.72. The second-order valence-electron chi connectivity index (χ2n) is 4.68. The molecule has 0 aliphatic rings. The first-order valence-electron chi connectivity index (χ1n) is 6.39. The minimum absolute atomic E-state index is 0.0399. The molecule has 6 heteroatoms. The molecule has 0 N–H and O–H groups in total. The van der Waals surface area contributed by atoms with Gasteiger partial charge in [-0.25, -0.2) is 0 Å². The highest BCUT2D eigenvalue weighted by Gasteiger charge is 2.27. The van der Waals surface area contributed by atoms with Crippen molar-refractivity contribution in [1.82, 2.24) is 0 Å². The van der Waals surface area contributed by atoms with Crippen LogP contribution in [0, 0.1) is 26.9 Å². The predicted molar refractivity (Wildman–Crippen MR) is 80.1 cm³/mol. The number of halogens is 1. The fourth-order valence-electron chi connectivity index (χ4n) is 1.76. The van der Waals surface area contributed by atoms with Gasteiger partial charge in [0, 0.05) is 16.8 Å². The Kier molecular flexibility index (Phi) is 5.96. The number of nitro benzene ring substituents is 1. The van der Waals surface area contributed by atoms with Crippen molar-refractivity contribution in [1.29, 1.82) is 5.26 Å². The minimum Gasteiger partial charge on any atom is -0.486 e. The third kappa shape index (κ3) is 3.70. The number of nitro groups is 1. The van der Waals surface area contributed by atoms with E-state index in [1.54, 1.807) is 0 Å². The van der Waals surface area contributed by atoms with Gasteiger partial charge in [-0.15, -0.1) is 0 Å². The van der Waals surface area contributed by atoms with Gasteiger partial charge in [0.2, 0.25) is 0 Å². The molecule has 1 aromatic rings. The molecule has 0 saturated carbocycles. The van der Waals surface area contributed by atoms with Crippen molar-refractivity contribution >= 4 is 21.6 Å². The Morgan fingerprint density at radius 3 is 2.55 bits per heavy atom. The lowest BCUT2D eigenvalue weighted by Crippen LogP contribution is -2.29. The summed E-state index contributed by atoms with van der Waals surface area (Å²) in [7, 11) is 0. The van der Waals surface area contributed by atoms with E-state index in [2.05, 4.69) is 29.8 Å². The van der Waals surface area contributed by atoms with Crippen LogP contribution in [0.5, 0.6) is 5.75 Å². The third-order valence-electron chi connectivity index (χ3n) is 3.60. The van der Waals surface area contributed by atoms with Crippen LogP contribution < -0.4 is 4.74 Å². The second kappa shape index (κ2) is 7.25. The van der Waals surface area contributed by atoms with Gasteiger partial charge in [-0.1, -0.05) is 29.8 Å². The molecule has 0 amide bonds. The van der Waals surface area contributed by atoms with Crippen molar-refractivity contribution in [3.63, 3.8) is 0 Å². The number of benzene rings is 1. The van der Waals surface area contributed by atoms with Crippen LogP contribution in [0.4, 0.5) is 5.69 Å². The molecule has 0 aromatic heterocycles. The Bertz CT molecular complexity index is 513. The standard InChI is InChI=1S/C14H17BrN2O3/c1-3-14(4-2,9-15)10-20-13-6-5-11(8-16)7-12(13)17(18)19/h5-7H,3-4,9-10H2,1-2H3. The normalized spacial score (nSPS) is 10.9. The average Bonchev–Trinajstić information content (AvgIpc) is 2.49. The molecule has 20 heavy (non-hydrogen) atoms. The first-order valence-corrected chi connectivity index (χ1v) is 7.51. The molecule has 0 aliphatic carbocycles. The highest BCUT2D eigenvalue weighted by atomic mass is 79.9. The number of ether oxygens (including phenoxy) is 1. The lowest BCUT2D eigenvalue weighted by atomic mass is 9.86. The number of alkyl halides is 1. The van der Waals surface area contributed by atoms with Crippen molar-refractivity contribution in [3.8, 4) is 11.8 Å². The molecule has 0 heterocycles. The molecule has 108 valence electrons. The highest BCUT2D eigenvalue weighted by Crippen LogP contribution is 2.33. The van der Waals surface area contributed by atoms with Crippen LogP contribution in [0.3, 0.4) is 0 Å². The van der Waals surface area contributed by atoms with Crippen LogP contribution in [-0.4, -0.2) is 16.9 Å². The quantitative estimate of drug-likeness (QED) is 0.426. The van der Waals surface area contributed by atoms with E-state index < -0.39 is 4.92 Å². The summed E-state index contributed by atoms with van der Waals surface area (Å²) in [5.41, 5.74) is 0.0448. The number of hydrogen-bond donors (Lipinski definition) is 0. The summed E-state index contributed by atoms with van der Waals surface area (Å²) in [4.78, 5) is 10.5. The SMILES string of the molecule is CCC(CC)(CBr)COc1ccc(C#N)cc1[N+](=O)[O-]. The van der Waals surface area contributed by atoms with Gasteiger partial charge in [-0.3, -0.25) is 10.1 Å². The molecule has 0 bridgehead atoms. The number of rotatable bonds is 7. The number of hydrogen-bond acceptors (Lipinski definition) is 4. The Hall–Kier alpha value is -1.61. The molecule has 5 nitrogen and oxygen atoms in total. The van der Waals surface area contributed by atoms with Gasteiger partial charge in [-0.05, 0) is 25.0 Å². The Balaban J connectivity index is 2.98. The van der Waals surface area contributed by atoms with E-state index in [-0.39, 0.29) is 22.4 Å². The maximum atomic E-state index is 11.0. The van der Waals surface area contributed by atoms with Crippen molar-refractivity contribution in [2.45, 2.75) is 26.7 Å². The summed E-state index contributed by atoms with van der Waals surface area (Å²) in [6.07, 6.45) is 1.83. The topological polar surface area (TPSA) is 76.2 Å². The van der Waals surface area contributed by atoms with Crippen molar-refractivity contribution in [2.75, 3.05) is 11.9 Å². The summed E-state index contributed by atoms with van der Waals surface area (Å²) >= 11 is 3.48. The van der Waals surface area contributed by atoms with E-state index in [0.717, 1.165) is 18.2 Å². The fraction of sp³-hybridized carbons (Fsp3) is 0.500. The second-order valence-corrected chi connectivity index (χ2v) is 5.24. The molecule has 1 rings (SSSR count). The molecule has 0 fully saturated rings. The Labute approximate surface area is 126 Å². The minimum atomic E-state index is -0.524. The number of nitrogens with zero attached hydrogens (tertiary/aromatic N) is 2. The maximum Gasteiger partial charge on any atom is 0.312 e. The summed E-state index contributed by atoms with van der Waals surface area (Å²) in [6.45, 7) is 4.54. The first-order chi connectivity index (χ1) is 9.51. The molecule has 0 aliphatic heterocycles. The van der Waals surface area contributed by atoms with Crippen LogP contribution in [0.25, 0.3) is 0 Å². The molecule has 0 spiro atoms. The van der Waals surface area contributed by atoms with Crippen LogP contribution >= 0.6 is 15.9 Å². The summed E-state index contributed by atoms with van der Waals surface area (Å²) in [5, 5.41) is 20.6. The maximum absolute atomic E-state index is 11.0. The van der Waals surface area contributed by atoms with Gasteiger partial charge in [0.25, 0.3) is 0 Å². The van der Waals surface area contributed by atoms with E-state index in [0.29, 0.717) is 6.61 Å². The monoisotopic (exact) mass is 340 g/mol. The van der Waals surface area contributed by atoms with Crippen LogP contribution in [0.1, 0.15) is 32.3 Å². The molecule has 0 radical (unpaired) electrons. The number of nitriles is 1. The molecule has 0 atom stereocenters. The Morgan fingerprint density at radius 2 is 2.10 bits per heavy atom. The highest BCUT2D eigenvalue weighted by molar-refractivity contribution is 9.09. The van der Waals surface area contributed by atoms with E-state index in [9.17, 15) is 10.1 Å². The zero-order valence-electron chi connectivity index (χ0n) is 11.6. The van der Waals surface area contributed by atoms with Crippen LogP contribution in [-0.2, 0) is 0 Å². The van der Waals surface area contributed by atoms with Crippen LogP contribution in [0.15, 0.2) is 18.2 Å². The van der Waals surface area contributed by atoms with E-state index >= 15 is 0 Å². The lowest BCUT2D eigenvalue weighted by Gasteiger charge is -2.29. The molecule has 0 saturated heterocycles. The zero-order valence-corrected chi connectivity index (χ0v) is 13.1. The lowest BCUT2D eigenvalue weighted by molar-refractivity contribution is -0.386. The summed E-state index contributed by atoms with van der Waals surface area (Å²) in [6, 6.07) is 6.14. The largest absolute Gasteiger partial charge is 0.486 e.